The lowest BCUT2D eigenvalue weighted by Crippen LogP contribution is -2.51. The summed E-state index contributed by atoms with van der Waals surface area (Å²) in [5.41, 5.74) is 2.79. The van der Waals surface area contributed by atoms with Gasteiger partial charge in [-0.3, -0.25) is 24.0 Å². The molecule has 2 atom stereocenters. The highest BCUT2D eigenvalue weighted by Crippen LogP contribution is 2.33. The summed E-state index contributed by atoms with van der Waals surface area (Å²) >= 11 is 0. The molecule has 2 N–H and O–H groups in total. The Kier molecular flexibility index (Phi) is 5.15. The number of carbonyl (C=O) groups excluding carboxylic acids is 3. The van der Waals surface area contributed by atoms with Crippen molar-refractivity contribution in [3.8, 4) is 0 Å². The molecule has 1 saturated heterocycles. The van der Waals surface area contributed by atoms with E-state index in [2.05, 4.69) is 36.2 Å². The Hall–Kier alpha value is -3.42. The zero-order valence-electron chi connectivity index (χ0n) is 17.1. The highest BCUT2D eigenvalue weighted by atomic mass is 16.2. The van der Waals surface area contributed by atoms with Crippen molar-refractivity contribution in [1.82, 2.24) is 20.0 Å². The second-order valence-electron chi connectivity index (χ2n) is 7.80. The zero-order chi connectivity index (χ0) is 21.4. The lowest BCUT2D eigenvalue weighted by molar-refractivity contribution is -0.125. The van der Waals surface area contributed by atoms with Crippen molar-refractivity contribution in [3.05, 3.63) is 59.6 Å². The summed E-state index contributed by atoms with van der Waals surface area (Å²) in [4.78, 5) is 39.5. The number of nitrogens with one attached hydrogen (secondary N) is 2. The first-order valence-electron chi connectivity index (χ1n) is 10.2. The van der Waals surface area contributed by atoms with Gasteiger partial charge in [-0.15, -0.1) is 0 Å². The number of amides is 3. The summed E-state index contributed by atoms with van der Waals surface area (Å²) < 4.78 is 1.92. The molecule has 0 aliphatic carbocycles. The molecule has 1 aromatic heterocycles. The molecule has 8 nitrogen and oxygen atoms in total. The summed E-state index contributed by atoms with van der Waals surface area (Å²) in [6.07, 6.45) is 5.67. The molecule has 1 aromatic carbocycles. The zero-order valence-corrected chi connectivity index (χ0v) is 17.1. The minimum absolute atomic E-state index is 0.310. The summed E-state index contributed by atoms with van der Waals surface area (Å²) in [7, 11) is 0. The Bertz CT molecular complexity index is 1040. The van der Waals surface area contributed by atoms with Gasteiger partial charge < -0.3 is 10.6 Å². The summed E-state index contributed by atoms with van der Waals surface area (Å²) in [6, 6.07) is 4.63. The number of fused-ring (bicyclic) bond motifs is 1. The number of nitrogens with zero attached hydrogens (tertiary/aromatic N) is 3. The third-order valence-corrected chi connectivity index (χ3v) is 5.76. The first-order chi connectivity index (χ1) is 14.4. The van der Waals surface area contributed by atoms with E-state index in [1.165, 1.54) is 0 Å². The summed E-state index contributed by atoms with van der Waals surface area (Å²) in [5, 5.41) is 10.3. The Morgan fingerprint density at radius 1 is 1.30 bits per heavy atom. The van der Waals surface area contributed by atoms with Gasteiger partial charge in [0.1, 0.15) is 6.04 Å². The van der Waals surface area contributed by atoms with Crippen LogP contribution in [0.1, 0.15) is 65.4 Å². The smallest absolute Gasteiger partial charge is 0.264 e. The van der Waals surface area contributed by atoms with Crippen molar-refractivity contribution in [2.45, 2.75) is 51.7 Å². The van der Waals surface area contributed by atoms with Crippen molar-refractivity contribution in [2.75, 3.05) is 5.32 Å². The number of carbonyl (C=O) groups is 3. The van der Waals surface area contributed by atoms with E-state index >= 15 is 0 Å². The first kappa shape index (κ1) is 19.9. The molecule has 0 radical (unpaired) electrons. The van der Waals surface area contributed by atoms with Gasteiger partial charge >= 0.3 is 0 Å². The maximum atomic E-state index is 13.1. The third-order valence-electron chi connectivity index (χ3n) is 5.76. The molecule has 0 spiro atoms. The van der Waals surface area contributed by atoms with Gasteiger partial charge in [0.05, 0.1) is 17.3 Å². The molecule has 2 aliphatic rings. The molecule has 1 fully saturated rings. The van der Waals surface area contributed by atoms with Crippen LogP contribution in [0, 0.1) is 0 Å². The van der Waals surface area contributed by atoms with Crippen molar-refractivity contribution >= 4 is 23.4 Å². The number of aromatic nitrogens is 2. The van der Waals surface area contributed by atoms with Crippen LogP contribution in [0.4, 0.5) is 5.69 Å². The molecule has 2 aromatic rings. The number of imide groups is 1. The van der Waals surface area contributed by atoms with E-state index in [0.717, 1.165) is 16.9 Å². The van der Waals surface area contributed by atoms with Crippen molar-refractivity contribution in [3.63, 3.8) is 0 Å². The van der Waals surface area contributed by atoms with Crippen LogP contribution in [0.15, 0.2) is 42.9 Å². The van der Waals surface area contributed by atoms with Gasteiger partial charge in [-0.2, -0.15) is 5.10 Å². The highest BCUT2D eigenvalue weighted by Gasteiger charge is 2.44. The van der Waals surface area contributed by atoms with Gasteiger partial charge in [0, 0.05) is 35.7 Å². The fourth-order valence-corrected chi connectivity index (χ4v) is 3.84. The number of rotatable bonds is 6. The van der Waals surface area contributed by atoms with Crippen molar-refractivity contribution in [2.24, 2.45) is 0 Å². The molecule has 0 saturated carbocycles. The molecular weight excluding hydrogens is 382 g/mol. The quantitative estimate of drug-likeness (QED) is 0.718. The Morgan fingerprint density at radius 2 is 2.10 bits per heavy atom. The van der Waals surface area contributed by atoms with Crippen molar-refractivity contribution in [1.29, 1.82) is 0 Å². The minimum Gasteiger partial charge on any atom is -0.380 e. The average molecular weight is 407 g/mol. The predicted molar refractivity (Wildman–Crippen MR) is 112 cm³/mol. The van der Waals surface area contributed by atoms with Crippen LogP contribution in [-0.2, 0) is 11.3 Å². The number of benzene rings is 1. The van der Waals surface area contributed by atoms with E-state index in [1.54, 1.807) is 24.4 Å². The molecule has 1 unspecified atom stereocenters. The van der Waals surface area contributed by atoms with Crippen molar-refractivity contribution < 1.29 is 14.4 Å². The van der Waals surface area contributed by atoms with E-state index in [4.69, 9.17) is 0 Å². The normalized spacial score (nSPS) is 19.7. The highest BCUT2D eigenvalue weighted by molar-refractivity contribution is 6.25. The Morgan fingerprint density at radius 3 is 2.83 bits per heavy atom. The first-order valence-corrected chi connectivity index (χ1v) is 10.2. The SMILES string of the molecule is C=C1CCC(N2C(=O)c3cccc(NCc4cnn([C@H](C)CC)c4)c3C2=O)C(=O)N1. The fourth-order valence-electron chi connectivity index (χ4n) is 3.84. The van der Waals surface area contributed by atoms with Crippen LogP contribution in [0.2, 0.25) is 0 Å². The largest absolute Gasteiger partial charge is 0.380 e. The van der Waals surface area contributed by atoms with E-state index in [0.29, 0.717) is 47.9 Å². The van der Waals surface area contributed by atoms with Crippen LogP contribution in [-0.4, -0.2) is 38.4 Å². The van der Waals surface area contributed by atoms with E-state index in [-0.39, 0.29) is 5.91 Å². The number of anilines is 1. The maximum Gasteiger partial charge on any atom is 0.264 e. The van der Waals surface area contributed by atoms with Gasteiger partial charge in [0.25, 0.3) is 11.8 Å². The predicted octanol–water partition coefficient (Wildman–Crippen LogP) is 2.85. The average Bonchev–Trinajstić information content (AvgIpc) is 3.30. The maximum absolute atomic E-state index is 13.1. The van der Waals surface area contributed by atoms with E-state index < -0.39 is 17.9 Å². The molecule has 3 heterocycles. The second kappa shape index (κ2) is 7.78. The summed E-state index contributed by atoms with van der Waals surface area (Å²) in [6.45, 7) is 8.43. The molecule has 3 amide bonds. The van der Waals surface area contributed by atoms with E-state index in [1.807, 2.05) is 10.9 Å². The van der Waals surface area contributed by atoms with Gasteiger partial charge in [-0.25, -0.2) is 0 Å². The topological polar surface area (TPSA) is 96.3 Å². The third kappa shape index (κ3) is 3.38. The number of piperidine rings is 1. The van der Waals surface area contributed by atoms with Gasteiger partial charge in [0.2, 0.25) is 5.91 Å². The molecule has 156 valence electrons. The lowest BCUT2D eigenvalue weighted by atomic mass is 10.0. The van der Waals surface area contributed by atoms with E-state index in [9.17, 15) is 14.4 Å². The van der Waals surface area contributed by atoms with Crippen LogP contribution in [0.3, 0.4) is 0 Å². The van der Waals surface area contributed by atoms with Crippen LogP contribution >= 0.6 is 0 Å². The Labute approximate surface area is 174 Å². The molecule has 4 rings (SSSR count). The summed E-state index contributed by atoms with van der Waals surface area (Å²) in [5.74, 6) is -1.25. The van der Waals surface area contributed by atoms with Gasteiger partial charge in [-0.05, 0) is 38.3 Å². The lowest BCUT2D eigenvalue weighted by Gasteiger charge is -2.29. The van der Waals surface area contributed by atoms with Gasteiger partial charge in [0.15, 0.2) is 0 Å². The van der Waals surface area contributed by atoms with Crippen LogP contribution < -0.4 is 10.6 Å². The molecule has 8 heteroatoms. The standard InChI is InChI=1S/C22H25N5O3/c1-4-14(3)26-12-15(11-24-26)10-23-17-7-5-6-16-19(17)22(30)27(21(16)29)18-9-8-13(2)25-20(18)28/h5-7,11-12,14,18,23H,2,4,8-10H2,1,3H3,(H,25,28)/t14-,18?/m1/s1. The van der Waals surface area contributed by atoms with Gasteiger partial charge in [-0.1, -0.05) is 19.6 Å². The second-order valence-corrected chi connectivity index (χ2v) is 7.80. The molecule has 2 aliphatic heterocycles. The monoisotopic (exact) mass is 407 g/mol. The van der Waals surface area contributed by atoms with Crippen LogP contribution in [0.5, 0.6) is 0 Å². The Balaban J connectivity index is 1.55. The molecule has 30 heavy (non-hydrogen) atoms. The van der Waals surface area contributed by atoms with Crippen LogP contribution in [0.25, 0.3) is 0 Å². The molecule has 0 bridgehead atoms. The number of hydrogen-bond acceptors (Lipinski definition) is 5. The minimum atomic E-state index is -0.815. The number of allylic oxidation sites excluding steroid dienone is 1. The molecular formula is C22H25N5O3. The number of hydrogen-bond donors (Lipinski definition) is 2. The fraction of sp³-hybridized carbons (Fsp3) is 0.364.